The fourth-order valence-electron chi connectivity index (χ4n) is 3.65. The van der Waals surface area contributed by atoms with Crippen molar-refractivity contribution in [2.24, 2.45) is 0 Å². The summed E-state index contributed by atoms with van der Waals surface area (Å²) >= 11 is 6.08. The molecule has 0 spiro atoms. The molecule has 0 fully saturated rings. The summed E-state index contributed by atoms with van der Waals surface area (Å²) in [5, 5.41) is 12.3. The molecule has 0 saturated carbocycles. The molecule has 0 atom stereocenters. The summed E-state index contributed by atoms with van der Waals surface area (Å²) in [6.45, 7) is 3.28. The van der Waals surface area contributed by atoms with E-state index in [4.69, 9.17) is 11.6 Å². The molecule has 1 aliphatic heterocycles. The number of fused-ring (bicyclic) bond motifs is 1. The van der Waals surface area contributed by atoms with E-state index in [2.05, 4.69) is 26.1 Å². The predicted octanol–water partition coefficient (Wildman–Crippen LogP) is 5.21. The summed E-state index contributed by atoms with van der Waals surface area (Å²) in [7, 11) is 0. The fraction of sp³-hybridized carbons (Fsp3) is 0.318. The van der Waals surface area contributed by atoms with Gasteiger partial charge in [-0.25, -0.2) is 4.79 Å². The molecule has 6 nitrogen and oxygen atoms in total. The maximum Gasteiger partial charge on any atom is 0.329 e. The number of rotatable bonds is 4. The average Bonchev–Trinajstić information content (AvgIpc) is 2.93. The first-order chi connectivity index (χ1) is 14.1. The Hall–Kier alpha value is -2.86. The number of benzene rings is 2. The molecule has 29 heavy (non-hydrogen) atoms. The highest BCUT2D eigenvalue weighted by Gasteiger charge is 2.25. The molecular weight excluding hydrogens is 386 g/mol. The molecule has 0 bridgehead atoms. The lowest BCUT2D eigenvalue weighted by atomic mass is 10.1. The van der Waals surface area contributed by atoms with Crippen LogP contribution in [0, 0.1) is 6.92 Å². The van der Waals surface area contributed by atoms with Crippen LogP contribution >= 0.6 is 11.6 Å². The molecule has 7 heteroatoms. The van der Waals surface area contributed by atoms with E-state index < -0.39 is 0 Å². The smallest absolute Gasteiger partial charge is 0.307 e. The number of nitrogens with one attached hydrogen (secondary N) is 1. The largest absolute Gasteiger partial charge is 0.329 e. The van der Waals surface area contributed by atoms with Crippen LogP contribution in [0.5, 0.6) is 0 Å². The maximum absolute atomic E-state index is 13.3. The molecule has 150 valence electrons. The number of nitrogens with zero attached hydrogens (tertiary/aromatic N) is 4. The van der Waals surface area contributed by atoms with Crippen LogP contribution in [-0.2, 0) is 19.5 Å². The quantitative estimate of drug-likeness (QED) is 0.643. The van der Waals surface area contributed by atoms with Crippen molar-refractivity contribution in [3.63, 3.8) is 0 Å². The maximum atomic E-state index is 13.3. The van der Waals surface area contributed by atoms with Crippen molar-refractivity contribution in [1.82, 2.24) is 14.8 Å². The number of aromatic nitrogens is 3. The first-order valence-corrected chi connectivity index (χ1v) is 10.3. The second-order valence-electron chi connectivity index (χ2n) is 7.39. The number of halogens is 1. The third-order valence-corrected chi connectivity index (χ3v) is 5.31. The Balaban J connectivity index is 1.67. The van der Waals surface area contributed by atoms with E-state index in [0.29, 0.717) is 23.2 Å². The van der Waals surface area contributed by atoms with Crippen molar-refractivity contribution in [2.75, 3.05) is 10.2 Å². The van der Waals surface area contributed by atoms with Gasteiger partial charge in [0.05, 0.1) is 6.54 Å². The van der Waals surface area contributed by atoms with Gasteiger partial charge in [-0.2, -0.15) is 0 Å². The molecule has 0 saturated heterocycles. The third-order valence-electron chi connectivity index (χ3n) is 5.08. The summed E-state index contributed by atoms with van der Waals surface area (Å²) in [6, 6.07) is 15.0. The second-order valence-corrected chi connectivity index (χ2v) is 7.83. The Morgan fingerprint density at radius 3 is 2.83 bits per heavy atom. The minimum Gasteiger partial charge on any atom is -0.307 e. The van der Waals surface area contributed by atoms with Crippen LogP contribution in [0.4, 0.5) is 16.4 Å². The summed E-state index contributed by atoms with van der Waals surface area (Å²) < 4.78 is 2.08. The van der Waals surface area contributed by atoms with Crippen molar-refractivity contribution in [1.29, 1.82) is 0 Å². The summed E-state index contributed by atoms with van der Waals surface area (Å²) in [6.07, 6.45) is 4.22. The van der Waals surface area contributed by atoms with Crippen LogP contribution in [0.2, 0.25) is 5.02 Å². The number of aryl methyl sites for hydroxylation is 2. The van der Waals surface area contributed by atoms with Gasteiger partial charge in [-0.15, -0.1) is 10.2 Å². The van der Waals surface area contributed by atoms with Crippen LogP contribution in [0.1, 0.15) is 36.2 Å². The molecule has 1 aliphatic rings. The van der Waals surface area contributed by atoms with Crippen LogP contribution < -0.4 is 10.2 Å². The lowest BCUT2D eigenvalue weighted by Crippen LogP contribution is -2.36. The van der Waals surface area contributed by atoms with Crippen molar-refractivity contribution < 1.29 is 4.79 Å². The minimum absolute atomic E-state index is 0.256. The Kier molecular flexibility index (Phi) is 5.81. The molecule has 2 heterocycles. The lowest BCUT2D eigenvalue weighted by molar-refractivity contribution is 0.256. The van der Waals surface area contributed by atoms with Gasteiger partial charge in [0, 0.05) is 23.7 Å². The van der Waals surface area contributed by atoms with E-state index in [1.54, 1.807) is 17.0 Å². The highest BCUT2D eigenvalue weighted by Crippen LogP contribution is 2.23. The standard InChI is InChI=1S/C22H24ClN5O/c1-16-7-5-8-17(13-16)15-28(22(29)24-19-10-6-9-18(23)14-19)21-26-25-20-11-3-2-4-12-27(20)21/h5-10,13-14H,2-4,11-12,15H2,1H3,(H,24,29). The van der Waals surface area contributed by atoms with Gasteiger partial charge in [-0.05, 0) is 43.5 Å². The van der Waals surface area contributed by atoms with Gasteiger partial charge < -0.3 is 5.32 Å². The normalized spacial score (nSPS) is 13.4. The van der Waals surface area contributed by atoms with E-state index in [1.807, 2.05) is 37.3 Å². The first-order valence-electron chi connectivity index (χ1n) is 9.92. The van der Waals surface area contributed by atoms with Crippen LogP contribution in [0.15, 0.2) is 48.5 Å². The van der Waals surface area contributed by atoms with Crippen molar-refractivity contribution in [2.45, 2.75) is 45.7 Å². The fourth-order valence-corrected chi connectivity index (χ4v) is 3.84. The summed E-state index contributed by atoms with van der Waals surface area (Å²) in [4.78, 5) is 14.9. The average molecular weight is 410 g/mol. The molecule has 3 aromatic rings. The molecule has 1 aromatic heterocycles. The molecule has 4 rings (SSSR count). The van der Waals surface area contributed by atoms with E-state index in [-0.39, 0.29) is 6.03 Å². The van der Waals surface area contributed by atoms with Crippen molar-refractivity contribution >= 4 is 29.3 Å². The molecule has 2 amide bonds. The number of anilines is 2. The highest BCUT2D eigenvalue weighted by atomic mass is 35.5. The number of hydrogen-bond acceptors (Lipinski definition) is 3. The van der Waals surface area contributed by atoms with Crippen molar-refractivity contribution in [3.05, 3.63) is 70.5 Å². The van der Waals surface area contributed by atoms with Crippen LogP contribution in [0.25, 0.3) is 0 Å². The number of amides is 2. The Morgan fingerprint density at radius 1 is 1.14 bits per heavy atom. The number of hydrogen-bond donors (Lipinski definition) is 1. The molecular formula is C22H24ClN5O. The van der Waals surface area contributed by atoms with Gasteiger partial charge in [0.15, 0.2) is 0 Å². The minimum atomic E-state index is -0.256. The number of urea groups is 1. The zero-order valence-corrected chi connectivity index (χ0v) is 17.2. The Bertz CT molecular complexity index is 1020. The second kappa shape index (κ2) is 8.66. The van der Waals surface area contributed by atoms with E-state index in [1.165, 1.54) is 0 Å². The number of carbonyl (C=O) groups excluding carboxylic acids is 1. The van der Waals surface area contributed by atoms with E-state index in [9.17, 15) is 4.79 Å². The third kappa shape index (κ3) is 4.59. The van der Waals surface area contributed by atoms with Crippen LogP contribution in [0.3, 0.4) is 0 Å². The predicted molar refractivity (Wildman–Crippen MR) is 115 cm³/mol. The topological polar surface area (TPSA) is 63.1 Å². The molecule has 1 N–H and O–H groups in total. The lowest BCUT2D eigenvalue weighted by Gasteiger charge is -2.23. The monoisotopic (exact) mass is 409 g/mol. The molecule has 0 unspecified atom stereocenters. The van der Waals surface area contributed by atoms with Crippen LogP contribution in [-0.4, -0.2) is 20.8 Å². The molecule has 0 aliphatic carbocycles. The van der Waals surface area contributed by atoms with Gasteiger partial charge in [0.2, 0.25) is 5.95 Å². The zero-order valence-electron chi connectivity index (χ0n) is 16.4. The zero-order chi connectivity index (χ0) is 20.2. The first kappa shape index (κ1) is 19.5. The van der Waals surface area contributed by atoms with E-state index >= 15 is 0 Å². The highest BCUT2D eigenvalue weighted by molar-refractivity contribution is 6.30. The molecule has 2 aromatic carbocycles. The summed E-state index contributed by atoms with van der Waals surface area (Å²) in [5.74, 6) is 1.53. The SMILES string of the molecule is Cc1cccc(CN(C(=O)Nc2cccc(Cl)c2)c2nnc3n2CCCCC3)c1. The van der Waals surface area contributed by atoms with Gasteiger partial charge in [0.1, 0.15) is 5.82 Å². The number of carbonyl (C=O) groups is 1. The van der Waals surface area contributed by atoms with E-state index in [0.717, 1.165) is 49.2 Å². The van der Waals surface area contributed by atoms with Gasteiger partial charge in [0.25, 0.3) is 0 Å². The summed E-state index contributed by atoms with van der Waals surface area (Å²) in [5.41, 5.74) is 2.84. The Morgan fingerprint density at radius 2 is 2.00 bits per heavy atom. The molecule has 0 radical (unpaired) electrons. The van der Waals surface area contributed by atoms with Crippen molar-refractivity contribution in [3.8, 4) is 0 Å². The van der Waals surface area contributed by atoms with Gasteiger partial charge in [-0.1, -0.05) is 53.9 Å². The van der Waals surface area contributed by atoms with Gasteiger partial charge >= 0.3 is 6.03 Å². The van der Waals surface area contributed by atoms with Gasteiger partial charge in [-0.3, -0.25) is 9.47 Å². The Labute approximate surface area is 175 Å².